The van der Waals surface area contributed by atoms with Gasteiger partial charge in [-0.1, -0.05) is 15.9 Å². The molecule has 106 valence electrons. The van der Waals surface area contributed by atoms with Crippen molar-refractivity contribution < 1.29 is 17.9 Å². The highest BCUT2D eigenvalue weighted by atomic mass is 79.9. The van der Waals surface area contributed by atoms with Gasteiger partial charge in [0.15, 0.2) is 0 Å². The maximum Gasteiger partial charge on any atom is 0.417 e. The van der Waals surface area contributed by atoms with E-state index in [4.69, 9.17) is 4.74 Å². The molecule has 0 spiro atoms. The van der Waals surface area contributed by atoms with Crippen molar-refractivity contribution in [3.05, 3.63) is 28.2 Å². The van der Waals surface area contributed by atoms with Crippen LogP contribution in [0.2, 0.25) is 0 Å². The number of hydrogen-bond donors (Lipinski definition) is 1. The molecule has 1 aromatic rings. The van der Waals surface area contributed by atoms with E-state index in [1.165, 1.54) is 6.07 Å². The molecule has 0 aliphatic carbocycles. The van der Waals surface area contributed by atoms with Gasteiger partial charge in [0.2, 0.25) is 0 Å². The normalized spacial score (nSPS) is 19.7. The van der Waals surface area contributed by atoms with Gasteiger partial charge in [-0.25, -0.2) is 0 Å². The second kappa shape index (κ2) is 6.13. The van der Waals surface area contributed by atoms with Crippen molar-refractivity contribution in [2.24, 2.45) is 0 Å². The molecular formula is C13H15BrF3NO. The molecule has 1 aliphatic heterocycles. The molecule has 0 amide bonds. The summed E-state index contributed by atoms with van der Waals surface area (Å²) in [7, 11) is 0. The van der Waals surface area contributed by atoms with Crippen molar-refractivity contribution in [2.75, 3.05) is 18.5 Å². The Balaban J connectivity index is 1.93. The summed E-state index contributed by atoms with van der Waals surface area (Å²) in [5, 5.41) is 3.01. The molecule has 2 nitrogen and oxygen atoms in total. The lowest BCUT2D eigenvalue weighted by molar-refractivity contribution is -0.138. The number of hydrogen-bond acceptors (Lipinski definition) is 2. The number of nitrogens with one attached hydrogen (secondary N) is 1. The van der Waals surface area contributed by atoms with Gasteiger partial charge in [0.05, 0.1) is 11.7 Å². The lowest BCUT2D eigenvalue weighted by Gasteiger charge is -2.14. The quantitative estimate of drug-likeness (QED) is 0.876. The lowest BCUT2D eigenvalue weighted by Crippen LogP contribution is -2.13. The van der Waals surface area contributed by atoms with Crippen LogP contribution in [-0.2, 0) is 10.9 Å². The molecule has 6 heteroatoms. The van der Waals surface area contributed by atoms with Crippen molar-refractivity contribution >= 4 is 21.6 Å². The summed E-state index contributed by atoms with van der Waals surface area (Å²) in [6.07, 6.45) is -1.18. The molecule has 1 saturated heterocycles. The van der Waals surface area contributed by atoms with Gasteiger partial charge >= 0.3 is 6.18 Å². The molecule has 0 saturated carbocycles. The van der Waals surface area contributed by atoms with Crippen molar-refractivity contribution in [2.45, 2.75) is 31.5 Å². The van der Waals surface area contributed by atoms with Crippen LogP contribution in [0.25, 0.3) is 0 Å². The Kier molecular flexibility index (Phi) is 4.73. The zero-order chi connectivity index (χ0) is 13.9. The van der Waals surface area contributed by atoms with Gasteiger partial charge < -0.3 is 10.1 Å². The van der Waals surface area contributed by atoms with Crippen molar-refractivity contribution in [3.8, 4) is 0 Å². The summed E-state index contributed by atoms with van der Waals surface area (Å²) >= 11 is 2.92. The van der Waals surface area contributed by atoms with Crippen LogP contribution in [0.15, 0.2) is 22.7 Å². The molecule has 19 heavy (non-hydrogen) atoms. The Morgan fingerprint density at radius 1 is 1.37 bits per heavy atom. The van der Waals surface area contributed by atoms with Crippen LogP contribution in [0.3, 0.4) is 0 Å². The number of alkyl halides is 3. The first-order valence-electron chi connectivity index (χ1n) is 6.19. The van der Waals surface area contributed by atoms with E-state index in [2.05, 4.69) is 21.2 Å². The maximum absolute atomic E-state index is 12.7. The molecule has 1 fully saturated rings. The van der Waals surface area contributed by atoms with Crippen molar-refractivity contribution in [1.82, 2.24) is 0 Å². The topological polar surface area (TPSA) is 21.3 Å². The van der Waals surface area contributed by atoms with E-state index in [1.807, 2.05) is 0 Å². The Morgan fingerprint density at radius 2 is 2.16 bits per heavy atom. The van der Waals surface area contributed by atoms with Crippen LogP contribution in [0.1, 0.15) is 24.8 Å². The molecule has 1 atom stereocenters. The van der Waals surface area contributed by atoms with Crippen LogP contribution in [-0.4, -0.2) is 19.3 Å². The van der Waals surface area contributed by atoms with Gasteiger partial charge in [0.1, 0.15) is 0 Å². The number of anilines is 1. The Hall–Kier alpha value is -0.750. The third-order valence-corrected chi connectivity index (χ3v) is 3.78. The Bertz CT molecular complexity index is 430. The van der Waals surface area contributed by atoms with Gasteiger partial charge in [-0.2, -0.15) is 13.2 Å². The molecule has 0 aromatic heterocycles. The third-order valence-electron chi connectivity index (χ3n) is 3.09. The monoisotopic (exact) mass is 337 g/mol. The third kappa shape index (κ3) is 4.11. The molecule has 0 bridgehead atoms. The molecular weight excluding hydrogens is 323 g/mol. The first kappa shape index (κ1) is 14.7. The molecule has 1 N–H and O–H groups in total. The summed E-state index contributed by atoms with van der Waals surface area (Å²) in [6, 6.07) is 4.17. The molecule has 1 aliphatic rings. The van der Waals surface area contributed by atoms with Crippen LogP contribution in [0, 0.1) is 0 Å². The zero-order valence-corrected chi connectivity index (χ0v) is 11.9. The van der Waals surface area contributed by atoms with Gasteiger partial charge in [0, 0.05) is 23.3 Å². The predicted molar refractivity (Wildman–Crippen MR) is 71.2 cm³/mol. The summed E-state index contributed by atoms with van der Waals surface area (Å²) < 4.78 is 43.7. The SMILES string of the molecule is FC(F)(F)c1cc(NCCC2CCCO2)ccc1Br. The Morgan fingerprint density at radius 3 is 2.79 bits per heavy atom. The summed E-state index contributed by atoms with van der Waals surface area (Å²) in [5.74, 6) is 0. The largest absolute Gasteiger partial charge is 0.417 e. The molecule has 1 aromatic carbocycles. The van der Waals surface area contributed by atoms with Crippen LogP contribution in [0.4, 0.5) is 18.9 Å². The Labute approximate surface area is 118 Å². The lowest BCUT2D eigenvalue weighted by atomic mass is 10.1. The summed E-state index contributed by atoms with van der Waals surface area (Å²) in [6.45, 7) is 1.41. The fourth-order valence-electron chi connectivity index (χ4n) is 2.10. The highest BCUT2D eigenvalue weighted by molar-refractivity contribution is 9.10. The molecule has 0 radical (unpaired) electrons. The predicted octanol–water partition coefficient (Wildman–Crippen LogP) is 4.45. The average molecular weight is 338 g/mol. The summed E-state index contributed by atoms with van der Waals surface area (Å²) in [4.78, 5) is 0. The van der Waals surface area contributed by atoms with E-state index in [0.717, 1.165) is 31.9 Å². The summed E-state index contributed by atoms with van der Waals surface area (Å²) in [5.41, 5.74) is -0.178. The highest BCUT2D eigenvalue weighted by Gasteiger charge is 2.33. The standard InChI is InChI=1S/C13H15BrF3NO/c14-12-4-3-9(8-11(12)13(15,16)17)18-6-5-10-2-1-7-19-10/h3-4,8,10,18H,1-2,5-7H2. The first-order chi connectivity index (χ1) is 8.97. The molecule has 1 unspecified atom stereocenters. The zero-order valence-electron chi connectivity index (χ0n) is 10.3. The smallest absolute Gasteiger partial charge is 0.385 e. The number of ether oxygens (including phenoxy) is 1. The first-order valence-corrected chi connectivity index (χ1v) is 6.98. The minimum absolute atomic E-state index is 0.0599. The number of rotatable bonds is 4. The van der Waals surface area contributed by atoms with Crippen molar-refractivity contribution in [1.29, 1.82) is 0 Å². The van der Waals surface area contributed by atoms with E-state index in [0.29, 0.717) is 12.2 Å². The van der Waals surface area contributed by atoms with E-state index in [9.17, 15) is 13.2 Å². The highest BCUT2D eigenvalue weighted by Crippen LogP contribution is 2.36. The van der Waals surface area contributed by atoms with Gasteiger partial charge in [-0.3, -0.25) is 0 Å². The molecule has 2 rings (SSSR count). The van der Waals surface area contributed by atoms with Crippen LogP contribution >= 0.6 is 15.9 Å². The van der Waals surface area contributed by atoms with Gasteiger partial charge in [0.25, 0.3) is 0 Å². The van der Waals surface area contributed by atoms with Crippen LogP contribution in [0.5, 0.6) is 0 Å². The van der Waals surface area contributed by atoms with E-state index in [-0.39, 0.29) is 10.6 Å². The average Bonchev–Trinajstić information content (AvgIpc) is 2.83. The second-order valence-corrected chi connectivity index (χ2v) is 5.40. The minimum Gasteiger partial charge on any atom is -0.385 e. The minimum atomic E-state index is -4.34. The van der Waals surface area contributed by atoms with E-state index >= 15 is 0 Å². The van der Waals surface area contributed by atoms with Gasteiger partial charge in [-0.15, -0.1) is 0 Å². The fourth-order valence-corrected chi connectivity index (χ4v) is 2.57. The second-order valence-electron chi connectivity index (χ2n) is 4.54. The fraction of sp³-hybridized carbons (Fsp3) is 0.538. The van der Waals surface area contributed by atoms with Crippen LogP contribution < -0.4 is 5.32 Å². The number of benzene rings is 1. The van der Waals surface area contributed by atoms with Gasteiger partial charge in [-0.05, 0) is 37.5 Å². The van der Waals surface area contributed by atoms with Crippen molar-refractivity contribution in [3.63, 3.8) is 0 Å². The van der Waals surface area contributed by atoms with E-state index < -0.39 is 11.7 Å². The maximum atomic E-state index is 12.7. The van der Waals surface area contributed by atoms with E-state index in [1.54, 1.807) is 6.07 Å². The molecule has 1 heterocycles. The number of halogens is 4.